The Balaban J connectivity index is 1.32. The molecule has 0 spiro atoms. The van der Waals surface area contributed by atoms with Crippen molar-refractivity contribution in [1.29, 1.82) is 0 Å². The molecule has 4 rings (SSSR count). The second-order valence-corrected chi connectivity index (χ2v) is 7.40. The zero-order chi connectivity index (χ0) is 20.9. The summed E-state index contributed by atoms with van der Waals surface area (Å²) in [7, 11) is 1.59. The number of carbonyl (C=O) groups is 1. The van der Waals surface area contributed by atoms with Gasteiger partial charge >= 0.3 is 0 Å². The number of pyridine rings is 1. The van der Waals surface area contributed by atoms with E-state index < -0.39 is 6.10 Å². The quantitative estimate of drug-likeness (QED) is 0.639. The molecule has 3 aromatic rings. The molecule has 2 unspecified atom stereocenters. The number of hydrogen-bond acceptors (Lipinski definition) is 7. The number of aromatic nitrogens is 3. The van der Waals surface area contributed by atoms with E-state index in [1.807, 2.05) is 36.4 Å². The van der Waals surface area contributed by atoms with Crippen LogP contribution in [0.5, 0.6) is 5.75 Å². The number of hydrogen-bond donors (Lipinski definition) is 1. The van der Waals surface area contributed by atoms with E-state index in [-0.39, 0.29) is 18.2 Å². The van der Waals surface area contributed by atoms with Crippen LogP contribution in [0.25, 0.3) is 11.4 Å². The van der Waals surface area contributed by atoms with Gasteiger partial charge in [-0.2, -0.15) is 4.98 Å². The van der Waals surface area contributed by atoms with Crippen LogP contribution < -0.4 is 4.74 Å². The lowest BCUT2D eigenvalue weighted by Crippen LogP contribution is -2.29. The minimum atomic E-state index is -0.525. The van der Waals surface area contributed by atoms with Crippen molar-refractivity contribution in [2.75, 3.05) is 20.2 Å². The molecule has 1 fully saturated rings. The predicted molar refractivity (Wildman–Crippen MR) is 109 cm³/mol. The average molecular weight is 408 g/mol. The van der Waals surface area contributed by atoms with Gasteiger partial charge in [-0.25, -0.2) is 0 Å². The Labute approximate surface area is 174 Å². The van der Waals surface area contributed by atoms with E-state index in [1.165, 1.54) is 0 Å². The molecule has 0 bridgehead atoms. The highest BCUT2D eigenvalue weighted by atomic mass is 16.5. The van der Waals surface area contributed by atoms with E-state index in [0.717, 1.165) is 17.5 Å². The minimum Gasteiger partial charge on any atom is -0.496 e. The molecule has 1 N–H and O–H groups in total. The second-order valence-electron chi connectivity index (χ2n) is 7.40. The first kappa shape index (κ1) is 20.0. The SMILES string of the molecule is COc1ccccc1-c1noc(CCC(=O)N2CC(O)C(Cc3ccncc3)C2)n1. The van der Waals surface area contributed by atoms with E-state index in [9.17, 15) is 9.90 Å². The van der Waals surface area contributed by atoms with Gasteiger partial charge in [0, 0.05) is 44.2 Å². The Morgan fingerprint density at radius 1 is 1.23 bits per heavy atom. The van der Waals surface area contributed by atoms with E-state index in [2.05, 4.69) is 15.1 Å². The van der Waals surface area contributed by atoms with Crippen molar-refractivity contribution in [1.82, 2.24) is 20.0 Å². The zero-order valence-corrected chi connectivity index (χ0v) is 16.8. The van der Waals surface area contributed by atoms with Gasteiger partial charge in [-0.15, -0.1) is 0 Å². The summed E-state index contributed by atoms with van der Waals surface area (Å²) in [6.45, 7) is 0.892. The standard InChI is InChI=1S/C22H24N4O4/c1-29-19-5-3-2-4-17(19)22-24-20(30-25-22)6-7-21(28)26-13-16(18(27)14-26)12-15-8-10-23-11-9-15/h2-5,8-11,16,18,27H,6-7,12-14H2,1H3. The number of aliphatic hydroxyl groups is 1. The van der Waals surface area contributed by atoms with Crippen molar-refractivity contribution in [3.8, 4) is 17.1 Å². The van der Waals surface area contributed by atoms with Gasteiger partial charge in [-0.1, -0.05) is 17.3 Å². The van der Waals surface area contributed by atoms with Crippen LogP contribution in [-0.4, -0.2) is 57.3 Å². The van der Waals surface area contributed by atoms with Crippen molar-refractivity contribution in [2.24, 2.45) is 5.92 Å². The van der Waals surface area contributed by atoms with Crippen LogP contribution in [0.4, 0.5) is 0 Å². The number of para-hydroxylation sites is 1. The number of benzene rings is 1. The average Bonchev–Trinajstić information content (AvgIpc) is 3.40. The van der Waals surface area contributed by atoms with Gasteiger partial charge in [-0.3, -0.25) is 9.78 Å². The van der Waals surface area contributed by atoms with Crippen LogP contribution in [0.3, 0.4) is 0 Å². The highest BCUT2D eigenvalue weighted by Gasteiger charge is 2.33. The Hall–Kier alpha value is -3.26. The third-order valence-electron chi connectivity index (χ3n) is 5.38. The molecule has 3 heterocycles. The lowest BCUT2D eigenvalue weighted by Gasteiger charge is -2.15. The van der Waals surface area contributed by atoms with Crippen LogP contribution in [0.1, 0.15) is 17.9 Å². The summed E-state index contributed by atoms with van der Waals surface area (Å²) in [5.41, 5.74) is 1.85. The summed E-state index contributed by atoms with van der Waals surface area (Å²) < 4.78 is 10.6. The molecule has 1 aromatic carbocycles. The van der Waals surface area contributed by atoms with E-state index in [4.69, 9.17) is 9.26 Å². The fourth-order valence-electron chi connectivity index (χ4n) is 3.75. The molecule has 1 amide bonds. The highest BCUT2D eigenvalue weighted by Crippen LogP contribution is 2.27. The second kappa shape index (κ2) is 9.04. The first-order chi connectivity index (χ1) is 14.6. The first-order valence-corrected chi connectivity index (χ1v) is 9.94. The predicted octanol–water partition coefficient (Wildman–Crippen LogP) is 2.13. The van der Waals surface area contributed by atoms with Crippen molar-refractivity contribution in [3.05, 3.63) is 60.2 Å². The fourth-order valence-corrected chi connectivity index (χ4v) is 3.75. The number of β-amino-alcohol motifs (C(OH)–C–C–N with tert-alkyl or cyclic N) is 1. The van der Waals surface area contributed by atoms with Gasteiger partial charge in [0.1, 0.15) is 5.75 Å². The minimum absolute atomic E-state index is 0.0247. The Kier molecular flexibility index (Phi) is 6.04. The molecule has 1 saturated heterocycles. The van der Waals surface area contributed by atoms with Crippen LogP contribution in [0.2, 0.25) is 0 Å². The Morgan fingerprint density at radius 2 is 2.03 bits per heavy atom. The monoisotopic (exact) mass is 408 g/mol. The highest BCUT2D eigenvalue weighted by molar-refractivity contribution is 5.76. The molecule has 2 atom stereocenters. The molecule has 0 saturated carbocycles. The fraction of sp³-hybridized carbons (Fsp3) is 0.364. The largest absolute Gasteiger partial charge is 0.496 e. The molecule has 0 aliphatic carbocycles. The molecule has 2 aromatic heterocycles. The van der Waals surface area contributed by atoms with Gasteiger partial charge in [0.05, 0.1) is 18.8 Å². The van der Waals surface area contributed by atoms with Gasteiger partial charge in [-0.05, 0) is 36.2 Å². The number of carbonyl (C=O) groups excluding carboxylic acids is 1. The third-order valence-corrected chi connectivity index (χ3v) is 5.38. The van der Waals surface area contributed by atoms with E-state index in [1.54, 1.807) is 24.4 Å². The molecule has 0 radical (unpaired) electrons. The lowest BCUT2D eigenvalue weighted by molar-refractivity contribution is -0.130. The van der Waals surface area contributed by atoms with Gasteiger partial charge < -0.3 is 19.3 Å². The van der Waals surface area contributed by atoms with Gasteiger partial charge in [0.15, 0.2) is 0 Å². The molecule has 1 aliphatic rings. The number of aryl methyl sites for hydroxylation is 1. The molecule has 156 valence electrons. The maximum Gasteiger partial charge on any atom is 0.227 e. The summed E-state index contributed by atoms with van der Waals surface area (Å²) in [6.07, 6.45) is 4.28. The summed E-state index contributed by atoms with van der Waals surface area (Å²) in [6, 6.07) is 11.3. The van der Waals surface area contributed by atoms with Crippen molar-refractivity contribution < 1.29 is 19.2 Å². The van der Waals surface area contributed by atoms with Gasteiger partial charge in [0.25, 0.3) is 0 Å². The van der Waals surface area contributed by atoms with Crippen molar-refractivity contribution in [2.45, 2.75) is 25.4 Å². The summed E-state index contributed by atoms with van der Waals surface area (Å²) >= 11 is 0. The number of aliphatic hydroxyl groups excluding tert-OH is 1. The van der Waals surface area contributed by atoms with E-state index >= 15 is 0 Å². The van der Waals surface area contributed by atoms with Gasteiger partial charge in [0.2, 0.25) is 17.6 Å². The van der Waals surface area contributed by atoms with Crippen LogP contribution >= 0.6 is 0 Å². The number of amides is 1. The van der Waals surface area contributed by atoms with E-state index in [0.29, 0.717) is 37.0 Å². The van der Waals surface area contributed by atoms with Crippen LogP contribution in [0.15, 0.2) is 53.3 Å². The number of ether oxygens (including phenoxy) is 1. The third kappa shape index (κ3) is 4.49. The number of nitrogens with zero attached hydrogens (tertiary/aromatic N) is 4. The first-order valence-electron chi connectivity index (χ1n) is 9.94. The smallest absolute Gasteiger partial charge is 0.227 e. The normalized spacial score (nSPS) is 18.5. The summed E-state index contributed by atoms with van der Waals surface area (Å²) in [4.78, 5) is 22.8. The van der Waals surface area contributed by atoms with Crippen molar-refractivity contribution >= 4 is 5.91 Å². The zero-order valence-electron chi connectivity index (χ0n) is 16.8. The van der Waals surface area contributed by atoms with Crippen LogP contribution in [0, 0.1) is 5.92 Å². The molecule has 8 nitrogen and oxygen atoms in total. The number of methoxy groups -OCH3 is 1. The summed E-state index contributed by atoms with van der Waals surface area (Å²) in [5, 5.41) is 14.4. The maximum absolute atomic E-state index is 12.6. The number of likely N-dealkylation sites (tertiary alicyclic amines) is 1. The molecule has 8 heteroatoms. The Morgan fingerprint density at radius 3 is 2.83 bits per heavy atom. The Bertz CT molecular complexity index is 992. The molecular weight excluding hydrogens is 384 g/mol. The molecule has 30 heavy (non-hydrogen) atoms. The molecule has 1 aliphatic heterocycles. The van der Waals surface area contributed by atoms with Crippen molar-refractivity contribution in [3.63, 3.8) is 0 Å². The maximum atomic E-state index is 12.6. The number of rotatable bonds is 7. The summed E-state index contributed by atoms with van der Waals surface area (Å²) in [5.74, 6) is 1.49. The van der Waals surface area contributed by atoms with Crippen LogP contribution in [-0.2, 0) is 17.6 Å². The molecular formula is C22H24N4O4. The topological polar surface area (TPSA) is 102 Å². The lowest BCUT2D eigenvalue weighted by atomic mass is 9.97.